The van der Waals surface area contributed by atoms with Crippen molar-refractivity contribution in [3.63, 3.8) is 0 Å². The largest absolute Gasteiger partial charge is 0.336 e. The van der Waals surface area contributed by atoms with Gasteiger partial charge in [0.25, 0.3) is 0 Å². The molecule has 0 aliphatic carbocycles. The number of aromatic amines is 1. The van der Waals surface area contributed by atoms with E-state index in [1.165, 1.54) is 0 Å². The summed E-state index contributed by atoms with van der Waals surface area (Å²) in [5.74, 6) is 0.796. The van der Waals surface area contributed by atoms with E-state index in [9.17, 15) is 0 Å². The topological polar surface area (TPSA) is 58.9 Å². The quantitative estimate of drug-likeness (QED) is 0.550. The lowest BCUT2D eigenvalue weighted by Crippen LogP contribution is -1.84. The molecule has 0 spiro atoms. The van der Waals surface area contributed by atoms with Crippen LogP contribution in [0.3, 0.4) is 0 Å². The molecule has 0 unspecified atom stereocenters. The maximum Gasteiger partial charge on any atom is 0.178 e. The summed E-state index contributed by atoms with van der Waals surface area (Å²) in [5, 5.41) is 4.30. The van der Waals surface area contributed by atoms with E-state index in [2.05, 4.69) is 20.1 Å². The Morgan fingerprint density at radius 3 is 3.06 bits per heavy atom. The molecule has 4 aromatic rings. The molecular weight excluding hydrogens is 226 g/mol. The molecule has 0 atom stereocenters. The number of nitrogens with one attached hydrogen (secondary N) is 1. The molecule has 4 rings (SSSR count). The molecule has 0 amide bonds. The van der Waals surface area contributed by atoms with Gasteiger partial charge in [-0.1, -0.05) is 6.07 Å². The maximum absolute atomic E-state index is 4.49. The van der Waals surface area contributed by atoms with E-state index in [1.807, 2.05) is 47.2 Å². The first-order chi connectivity index (χ1) is 8.92. The number of aromatic nitrogens is 5. The number of nitrogens with zero attached hydrogens (tertiary/aromatic N) is 4. The average molecular weight is 235 g/mol. The van der Waals surface area contributed by atoms with Crippen molar-refractivity contribution in [2.45, 2.75) is 0 Å². The molecule has 1 N–H and O–H groups in total. The fourth-order valence-electron chi connectivity index (χ4n) is 2.09. The Bertz CT molecular complexity index is 809. The number of fused-ring (bicyclic) bond motifs is 2. The van der Waals surface area contributed by atoms with Gasteiger partial charge in [-0.15, -0.1) is 0 Å². The van der Waals surface area contributed by atoms with Gasteiger partial charge in [-0.05, 0) is 24.3 Å². The third kappa shape index (κ3) is 1.24. The molecule has 0 saturated heterocycles. The molecule has 0 fully saturated rings. The van der Waals surface area contributed by atoms with E-state index in [1.54, 1.807) is 6.20 Å². The fourth-order valence-corrected chi connectivity index (χ4v) is 2.09. The second kappa shape index (κ2) is 3.40. The van der Waals surface area contributed by atoms with Crippen LogP contribution in [0.1, 0.15) is 0 Å². The molecule has 5 heteroatoms. The van der Waals surface area contributed by atoms with Gasteiger partial charge < -0.3 is 4.98 Å². The minimum atomic E-state index is 0.725. The van der Waals surface area contributed by atoms with Crippen molar-refractivity contribution in [2.75, 3.05) is 0 Å². The van der Waals surface area contributed by atoms with Gasteiger partial charge in [-0.2, -0.15) is 5.10 Å². The van der Waals surface area contributed by atoms with Gasteiger partial charge in [-0.25, -0.2) is 14.5 Å². The molecule has 0 radical (unpaired) electrons. The molecule has 0 aliphatic rings. The van der Waals surface area contributed by atoms with Crippen molar-refractivity contribution in [3.05, 3.63) is 48.9 Å². The smallest absolute Gasteiger partial charge is 0.178 e. The molecule has 0 aromatic carbocycles. The van der Waals surface area contributed by atoms with E-state index in [0.29, 0.717) is 0 Å². The molecule has 4 aromatic heterocycles. The first kappa shape index (κ1) is 9.35. The predicted octanol–water partition coefficient (Wildman–Crippen LogP) is 2.27. The number of hydrogen-bond acceptors (Lipinski definition) is 3. The fraction of sp³-hybridized carbons (Fsp3) is 0. The lowest BCUT2D eigenvalue weighted by atomic mass is 10.2. The summed E-state index contributed by atoms with van der Waals surface area (Å²) in [4.78, 5) is 12.0. The average Bonchev–Trinajstić information content (AvgIpc) is 3.02. The van der Waals surface area contributed by atoms with Crippen LogP contribution in [0.5, 0.6) is 0 Å². The third-order valence-corrected chi connectivity index (χ3v) is 2.94. The molecule has 0 aliphatic heterocycles. The van der Waals surface area contributed by atoms with E-state index in [-0.39, 0.29) is 0 Å². The predicted molar refractivity (Wildman–Crippen MR) is 68.1 cm³/mol. The lowest BCUT2D eigenvalue weighted by molar-refractivity contribution is 0.961. The highest BCUT2D eigenvalue weighted by Gasteiger charge is 2.10. The monoisotopic (exact) mass is 235 g/mol. The number of H-pyrrole nitrogens is 1. The summed E-state index contributed by atoms with van der Waals surface area (Å²) in [7, 11) is 0. The Labute approximate surface area is 102 Å². The number of hydrogen-bond donors (Lipinski definition) is 1. The molecule has 18 heavy (non-hydrogen) atoms. The van der Waals surface area contributed by atoms with Gasteiger partial charge in [0.05, 0.1) is 22.8 Å². The van der Waals surface area contributed by atoms with Crippen LogP contribution >= 0.6 is 0 Å². The Hall–Kier alpha value is -2.69. The van der Waals surface area contributed by atoms with Gasteiger partial charge in [0.1, 0.15) is 5.82 Å². The first-order valence-electron chi connectivity index (χ1n) is 5.65. The summed E-state index contributed by atoms with van der Waals surface area (Å²) in [6, 6.07) is 9.80. The van der Waals surface area contributed by atoms with Gasteiger partial charge in [0, 0.05) is 12.4 Å². The van der Waals surface area contributed by atoms with Crippen molar-refractivity contribution in [3.8, 4) is 11.4 Å². The summed E-state index contributed by atoms with van der Waals surface area (Å²) in [5.41, 5.74) is 3.66. The van der Waals surface area contributed by atoms with Crippen LogP contribution in [0.25, 0.3) is 28.1 Å². The SMILES string of the molecule is c1cnc2nc(-c3cnn4ccccc34)[nH]c2c1. The molecule has 0 saturated carbocycles. The molecular formula is C13H9N5. The summed E-state index contributed by atoms with van der Waals surface area (Å²) in [6.45, 7) is 0. The highest BCUT2D eigenvalue weighted by Crippen LogP contribution is 2.23. The van der Waals surface area contributed by atoms with Crippen LogP contribution in [-0.4, -0.2) is 24.6 Å². The summed E-state index contributed by atoms with van der Waals surface area (Å²) >= 11 is 0. The molecule has 86 valence electrons. The third-order valence-electron chi connectivity index (χ3n) is 2.94. The number of imidazole rings is 1. The minimum Gasteiger partial charge on any atom is -0.336 e. The number of pyridine rings is 2. The highest BCUT2D eigenvalue weighted by molar-refractivity contribution is 5.81. The van der Waals surface area contributed by atoms with Crippen molar-refractivity contribution < 1.29 is 0 Å². The maximum atomic E-state index is 4.49. The number of rotatable bonds is 1. The second-order valence-electron chi connectivity index (χ2n) is 4.05. The van der Waals surface area contributed by atoms with Crippen molar-refractivity contribution >= 4 is 16.7 Å². The van der Waals surface area contributed by atoms with Crippen molar-refractivity contribution in [1.29, 1.82) is 0 Å². The van der Waals surface area contributed by atoms with Crippen LogP contribution in [0.2, 0.25) is 0 Å². The Morgan fingerprint density at radius 2 is 2.11 bits per heavy atom. The van der Waals surface area contributed by atoms with Crippen LogP contribution in [0.4, 0.5) is 0 Å². The van der Waals surface area contributed by atoms with Crippen LogP contribution in [0, 0.1) is 0 Å². The molecule has 5 nitrogen and oxygen atoms in total. The second-order valence-corrected chi connectivity index (χ2v) is 4.05. The van der Waals surface area contributed by atoms with Crippen molar-refractivity contribution in [2.24, 2.45) is 0 Å². The van der Waals surface area contributed by atoms with Crippen molar-refractivity contribution in [1.82, 2.24) is 24.6 Å². The van der Waals surface area contributed by atoms with Crippen LogP contribution in [-0.2, 0) is 0 Å². The minimum absolute atomic E-state index is 0.725. The zero-order valence-corrected chi connectivity index (χ0v) is 9.41. The standard InChI is InChI=1S/C13H9N5/c1-2-7-18-11(5-1)9(8-15-18)12-16-10-4-3-6-14-13(10)17-12/h1-8H,(H,14,16,17). The van der Waals surface area contributed by atoms with Gasteiger partial charge in [0.15, 0.2) is 5.65 Å². The Balaban J connectivity index is 2.01. The van der Waals surface area contributed by atoms with Gasteiger partial charge in [0.2, 0.25) is 0 Å². The molecule has 4 heterocycles. The van der Waals surface area contributed by atoms with Crippen LogP contribution in [0.15, 0.2) is 48.9 Å². The summed E-state index contributed by atoms with van der Waals surface area (Å²) in [6.07, 6.45) is 5.47. The first-order valence-corrected chi connectivity index (χ1v) is 5.65. The van der Waals surface area contributed by atoms with E-state index in [4.69, 9.17) is 0 Å². The molecule has 0 bridgehead atoms. The van der Waals surface area contributed by atoms with E-state index >= 15 is 0 Å². The van der Waals surface area contributed by atoms with Gasteiger partial charge in [-0.3, -0.25) is 0 Å². The summed E-state index contributed by atoms with van der Waals surface area (Å²) < 4.78 is 1.83. The zero-order chi connectivity index (χ0) is 11.9. The van der Waals surface area contributed by atoms with E-state index < -0.39 is 0 Å². The van der Waals surface area contributed by atoms with E-state index in [0.717, 1.165) is 28.1 Å². The lowest BCUT2D eigenvalue weighted by Gasteiger charge is -1.93. The highest BCUT2D eigenvalue weighted by atomic mass is 15.2. The Morgan fingerprint density at radius 1 is 1.11 bits per heavy atom. The zero-order valence-electron chi connectivity index (χ0n) is 9.41. The Kier molecular flexibility index (Phi) is 1.77. The van der Waals surface area contributed by atoms with Crippen LogP contribution < -0.4 is 0 Å². The normalized spacial score (nSPS) is 11.3. The van der Waals surface area contributed by atoms with Gasteiger partial charge >= 0.3 is 0 Å².